The van der Waals surface area contributed by atoms with Gasteiger partial charge < -0.3 is 20.0 Å². The van der Waals surface area contributed by atoms with E-state index in [9.17, 15) is 23.1 Å². The molecule has 10 heteroatoms. The topological polar surface area (TPSA) is 95.8 Å². The summed E-state index contributed by atoms with van der Waals surface area (Å²) in [5.41, 5.74) is 1.000. The Kier molecular flexibility index (Phi) is 5.19. The molecule has 0 unspecified atom stereocenters. The SMILES string of the molecule is O=C(O)[C@H]1C2CCC(CC2)[C@@H]1Nc1nc(-c2c[nH]c3c(F)cc(F)cc23)nc2c1ccn2CCF. The molecule has 3 fully saturated rings. The van der Waals surface area contributed by atoms with E-state index in [-0.39, 0.29) is 41.1 Å². The van der Waals surface area contributed by atoms with Gasteiger partial charge in [0.1, 0.15) is 29.8 Å². The summed E-state index contributed by atoms with van der Waals surface area (Å²) in [4.78, 5) is 24.3. The number of carboxylic acids is 1. The molecule has 0 spiro atoms. The van der Waals surface area contributed by atoms with Crippen molar-refractivity contribution in [1.29, 1.82) is 0 Å². The van der Waals surface area contributed by atoms with Gasteiger partial charge in [0.05, 0.1) is 23.4 Å². The predicted molar refractivity (Wildman–Crippen MR) is 125 cm³/mol. The number of anilines is 1. The number of fused-ring (bicyclic) bond motifs is 5. The Morgan fingerprint density at radius 1 is 1.14 bits per heavy atom. The minimum atomic E-state index is -0.819. The maximum atomic E-state index is 14.3. The zero-order valence-corrected chi connectivity index (χ0v) is 18.8. The van der Waals surface area contributed by atoms with Crippen LogP contribution in [0.4, 0.5) is 19.0 Å². The lowest BCUT2D eigenvalue weighted by atomic mass is 9.61. The molecule has 0 aliphatic heterocycles. The normalized spacial score (nSPS) is 23.9. The van der Waals surface area contributed by atoms with Crippen LogP contribution in [0.2, 0.25) is 0 Å². The van der Waals surface area contributed by atoms with Crippen molar-refractivity contribution in [2.45, 2.75) is 38.3 Å². The number of halogens is 3. The number of aromatic amines is 1. The van der Waals surface area contributed by atoms with Crippen molar-refractivity contribution in [3.05, 3.63) is 42.2 Å². The molecule has 4 aromatic rings. The van der Waals surface area contributed by atoms with Crippen LogP contribution in [0.1, 0.15) is 25.7 Å². The minimum Gasteiger partial charge on any atom is -0.481 e. The molecule has 3 aliphatic rings. The second kappa shape index (κ2) is 8.28. The van der Waals surface area contributed by atoms with Crippen LogP contribution in [0.3, 0.4) is 0 Å². The maximum Gasteiger partial charge on any atom is 0.308 e. The smallest absolute Gasteiger partial charge is 0.308 e. The zero-order valence-electron chi connectivity index (χ0n) is 18.8. The van der Waals surface area contributed by atoms with Crippen LogP contribution < -0.4 is 5.32 Å². The Labute approximate surface area is 198 Å². The van der Waals surface area contributed by atoms with E-state index in [0.29, 0.717) is 22.4 Å². The van der Waals surface area contributed by atoms with Crippen LogP contribution in [0.15, 0.2) is 30.6 Å². The fourth-order valence-corrected chi connectivity index (χ4v) is 6.08. The number of carboxylic acid groups (broad SMARTS) is 1. The molecule has 2 bridgehead atoms. The van der Waals surface area contributed by atoms with Crippen molar-refractivity contribution in [2.24, 2.45) is 17.8 Å². The Bertz CT molecular complexity index is 1440. The number of rotatable bonds is 6. The van der Waals surface area contributed by atoms with Gasteiger partial charge in [-0.1, -0.05) is 0 Å². The van der Waals surface area contributed by atoms with Gasteiger partial charge in [0, 0.05) is 35.5 Å². The molecule has 3 saturated carbocycles. The van der Waals surface area contributed by atoms with Crippen molar-refractivity contribution < 1.29 is 23.1 Å². The van der Waals surface area contributed by atoms with E-state index in [0.717, 1.165) is 31.7 Å². The second-order valence-corrected chi connectivity index (χ2v) is 9.55. The van der Waals surface area contributed by atoms with Gasteiger partial charge in [-0.05, 0) is 49.7 Å². The van der Waals surface area contributed by atoms with E-state index in [1.165, 1.54) is 12.3 Å². The number of aromatic nitrogens is 4. The summed E-state index contributed by atoms with van der Waals surface area (Å²) < 4.78 is 43.2. The molecule has 3 aliphatic carbocycles. The van der Waals surface area contributed by atoms with Gasteiger partial charge in [-0.25, -0.2) is 23.1 Å². The molecule has 1 aromatic carbocycles. The van der Waals surface area contributed by atoms with Gasteiger partial charge >= 0.3 is 5.97 Å². The van der Waals surface area contributed by atoms with Gasteiger partial charge in [-0.3, -0.25) is 4.79 Å². The van der Waals surface area contributed by atoms with Crippen LogP contribution in [-0.4, -0.2) is 43.3 Å². The molecule has 2 atom stereocenters. The number of benzene rings is 1. The average molecular weight is 483 g/mol. The first-order chi connectivity index (χ1) is 16.9. The summed E-state index contributed by atoms with van der Waals surface area (Å²) >= 11 is 0. The van der Waals surface area contributed by atoms with Gasteiger partial charge in [-0.15, -0.1) is 0 Å². The number of aliphatic carboxylic acids is 1. The molecule has 0 saturated heterocycles. The Morgan fingerprint density at radius 2 is 1.91 bits per heavy atom. The van der Waals surface area contributed by atoms with E-state index in [1.54, 1.807) is 16.8 Å². The Morgan fingerprint density at radius 3 is 2.66 bits per heavy atom. The van der Waals surface area contributed by atoms with Gasteiger partial charge in [0.25, 0.3) is 0 Å². The number of alkyl halides is 1. The molecular weight excluding hydrogens is 459 g/mol. The number of aryl methyl sites for hydroxylation is 1. The molecule has 35 heavy (non-hydrogen) atoms. The number of nitrogens with one attached hydrogen (secondary N) is 2. The fraction of sp³-hybridized carbons (Fsp3) is 0.400. The van der Waals surface area contributed by atoms with E-state index in [2.05, 4.69) is 15.3 Å². The van der Waals surface area contributed by atoms with Crippen LogP contribution in [-0.2, 0) is 11.3 Å². The van der Waals surface area contributed by atoms with E-state index in [4.69, 9.17) is 4.98 Å². The molecule has 7 nitrogen and oxygen atoms in total. The summed E-state index contributed by atoms with van der Waals surface area (Å²) in [5, 5.41) is 14.3. The lowest BCUT2D eigenvalue weighted by Crippen LogP contribution is -2.51. The third-order valence-corrected chi connectivity index (χ3v) is 7.70. The fourth-order valence-electron chi connectivity index (χ4n) is 6.08. The van der Waals surface area contributed by atoms with Crippen molar-refractivity contribution in [1.82, 2.24) is 19.5 Å². The Balaban J connectivity index is 1.51. The van der Waals surface area contributed by atoms with Crippen molar-refractivity contribution in [2.75, 3.05) is 12.0 Å². The molecule has 0 amide bonds. The molecule has 3 heterocycles. The van der Waals surface area contributed by atoms with Crippen molar-refractivity contribution >= 4 is 33.7 Å². The highest BCUT2D eigenvalue weighted by Crippen LogP contribution is 2.46. The van der Waals surface area contributed by atoms with E-state index >= 15 is 0 Å². The number of H-pyrrole nitrogens is 1. The summed E-state index contributed by atoms with van der Waals surface area (Å²) in [5.74, 6) is -1.82. The van der Waals surface area contributed by atoms with Crippen molar-refractivity contribution in [3.8, 4) is 11.4 Å². The first kappa shape index (κ1) is 21.9. The van der Waals surface area contributed by atoms with E-state index in [1.807, 2.05) is 0 Å². The van der Waals surface area contributed by atoms with Crippen LogP contribution in [0.25, 0.3) is 33.3 Å². The van der Waals surface area contributed by atoms with Gasteiger partial charge in [0.15, 0.2) is 5.82 Å². The highest BCUT2D eigenvalue weighted by atomic mass is 19.1. The maximum absolute atomic E-state index is 14.3. The summed E-state index contributed by atoms with van der Waals surface area (Å²) in [7, 11) is 0. The van der Waals surface area contributed by atoms with Crippen molar-refractivity contribution in [3.63, 3.8) is 0 Å². The number of carbonyl (C=O) groups is 1. The van der Waals surface area contributed by atoms with Gasteiger partial charge in [0.2, 0.25) is 0 Å². The third kappa shape index (κ3) is 3.54. The van der Waals surface area contributed by atoms with Gasteiger partial charge in [-0.2, -0.15) is 0 Å². The number of nitrogens with zero attached hydrogens (tertiary/aromatic N) is 3. The monoisotopic (exact) mass is 483 g/mol. The average Bonchev–Trinajstić information content (AvgIpc) is 3.44. The molecule has 0 radical (unpaired) electrons. The quantitative estimate of drug-likeness (QED) is 0.353. The lowest BCUT2D eigenvalue weighted by Gasteiger charge is -2.47. The molecule has 182 valence electrons. The summed E-state index contributed by atoms with van der Waals surface area (Å²) in [6, 6.07) is 3.50. The van der Waals surface area contributed by atoms with E-state index < -0.39 is 30.2 Å². The largest absolute Gasteiger partial charge is 0.481 e. The summed E-state index contributed by atoms with van der Waals surface area (Å²) in [6.07, 6.45) is 6.95. The molecule has 7 rings (SSSR count). The standard InChI is InChI=1S/C25H24F3N5O2/c26-6-8-33-7-5-15-22(30-20-13-3-1-12(2-4-13)19(20)25(34)35)31-23(32-24(15)33)17-11-29-21-16(17)9-14(27)10-18(21)28/h5,7,9-13,19-20,29H,1-4,6,8H2,(H,34,35)(H,30,31,32)/t12?,13?,19-,20-/m0/s1. The lowest BCUT2D eigenvalue weighted by molar-refractivity contribution is -0.148. The Hall–Kier alpha value is -3.56. The second-order valence-electron chi connectivity index (χ2n) is 9.55. The third-order valence-electron chi connectivity index (χ3n) is 7.70. The first-order valence-electron chi connectivity index (χ1n) is 11.8. The van der Waals surface area contributed by atoms with Crippen LogP contribution in [0.5, 0.6) is 0 Å². The highest BCUT2D eigenvalue weighted by Gasteiger charge is 2.47. The molecular formula is C25H24F3N5O2. The van der Waals surface area contributed by atoms with Crippen LogP contribution >= 0.6 is 0 Å². The first-order valence-corrected chi connectivity index (χ1v) is 11.8. The molecule has 3 aromatic heterocycles. The predicted octanol–water partition coefficient (Wildman–Crippen LogP) is 5.13. The number of hydrogen-bond donors (Lipinski definition) is 3. The molecule has 3 N–H and O–H groups in total. The minimum absolute atomic E-state index is 0.0857. The highest BCUT2D eigenvalue weighted by molar-refractivity contribution is 5.96. The summed E-state index contributed by atoms with van der Waals surface area (Å²) in [6.45, 7) is -0.509. The number of hydrogen-bond acceptors (Lipinski definition) is 4. The van der Waals surface area contributed by atoms with Crippen LogP contribution in [0, 0.1) is 29.4 Å². The zero-order chi connectivity index (χ0) is 24.3.